The number of rotatable bonds is 14. The molecule has 306 valence electrons. The maximum atomic E-state index is 14.4. The first-order chi connectivity index (χ1) is 25.3. The maximum Gasteiger partial charge on any atom is 0.490 e. The third-order valence-electron chi connectivity index (χ3n) is 7.24. The molecule has 0 radical (unpaired) electrons. The molecule has 24 heteroatoms. The van der Waals surface area contributed by atoms with Gasteiger partial charge in [-0.05, 0) is 92.9 Å². The maximum absolute atomic E-state index is 14.4. The molecule has 0 atom stereocenters. The molecule has 14 nitrogen and oxygen atoms in total. The van der Waals surface area contributed by atoms with E-state index in [1.54, 1.807) is 4.90 Å². The van der Waals surface area contributed by atoms with E-state index in [0.29, 0.717) is 55.4 Å². The highest BCUT2D eigenvalue weighted by molar-refractivity contribution is 9.10. The number of nitrogens with two attached hydrogens (primary N) is 4. The van der Waals surface area contributed by atoms with Gasteiger partial charge >= 0.3 is 30.3 Å². The fourth-order valence-electron chi connectivity index (χ4n) is 4.85. The van der Waals surface area contributed by atoms with Gasteiger partial charge in [0.15, 0.2) is 11.9 Å². The molecule has 0 saturated carbocycles. The fraction of sp³-hybridized carbons (Fsp3) is 0.419. The lowest BCUT2D eigenvalue weighted by molar-refractivity contribution is -0.193. The number of carboxylic acids is 2. The van der Waals surface area contributed by atoms with E-state index in [2.05, 4.69) is 41.8 Å². The zero-order chi connectivity index (χ0) is 42.3. The molecule has 2 aromatic carbocycles. The van der Waals surface area contributed by atoms with E-state index in [-0.39, 0.29) is 43.2 Å². The average molecular weight is 961 g/mol. The Hall–Kier alpha value is -4.02. The number of aliphatic imine (C=N–C) groups is 2. The van der Waals surface area contributed by atoms with E-state index < -0.39 is 29.8 Å². The quantitative estimate of drug-likeness (QED) is 0.0445. The number of urea groups is 1. The Balaban J connectivity index is 0.000000913. The number of imide groups is 1. The van der Waals surface area contributed by atoms with Crippen molar-refractivity contribution in [1.82, 2.24) is 9.80 Å². The minimum absolute atomic E-state index is 0.00515. The van der Waals surface area contributed by atoms with Gasteiger partial charge < -0.3 is 38.0 Å². The van der Waals surface area contributed by atoms with Gasteiger partial charge in [-0.2, -0.15) is 26.3 Å². The van der Waals surface area contributed by atoms with Gasteiger partial charge in [-0.25, -0.2) is 14.4 Å². The lowest BCUT2D eigenvalue weighted by atomic mass is 9.83. The van der Waals surface area contributed by atoms with Crippen molar-refractivity contribution in [2.24, 2.45) is 32.9 Å². The van der Waals surface area contributed by atoms with Crippen LogP contribution in [0.3, 0.4) is 0 Å². The molecular weight excluding hydrogens is 925 g/mol. The summed E-state index contributed by atoms with van der Waals surface area (Å²) in [6, 6.07) is 10.8. The predicted octanol–water partition coefficient (Wildman–Crippen LogP) is 5.68. The van der Waals surface area contributed by atoms with E-state index >= 15 is 0 Å². The highest BCUT2D eigenvalue weighted by atomic mass is 79.9. The summed E-state index contributed by atoms with van der Waals surface area (Å²) in [6.45, 7) is 1.41. The number of carbonyl (C=O) groups is 4. The number of halogens is 10. The number of hydrogen-bond acceptors (Lipinski definition) is 6. The molecule has 0 spiro atoms. The Kier molecular flexibility index (Phi) is 19.5. The molecule has 0 bridgehead atoms. The standard InChI is InChI=1S/C27H34Br2Cl2N8O2.2C2HF3O2/c28-19-7-5-17(13-21(19)30)15-27(16-18-6-8-20(29)22(31)14-18)23(40)38(11-3-1-9-36-24(32)33)26(41)39(27)12-4-2-10-37-25(34)35;2*3-2(4,5)1(6)7/h5-8,13-14H,1-4,9-12,15-16H2,(H4,32,33,36)(H4,34,35,37);2*(H,6,7). The molecule has 1 aliphatic rings. The molecule has 10 N–H and O–H groups in total. The van der Waals surface area contributed by atoms with Gasteiger partial charge in [-0.15, -0.1) is 0 Å². The second-order valence-corrected chi connectivity index (χ2v) is 13.9. The van der Waals surface area contributed by atoms with Crippen LogP contribution in [0.1, 0.15) is 36.8 Å². The number of hydrogen-bond donors (Lipinski definition) is 6. The summed E-state index contributed by atoms with van der Waals surface area (Å²) in [5, 5.41) is 15.3. The van der Waals surface area contributed by atoms with E-state index in [1.807, 2.05) is 36.4 Å². The summed E-state index contributed by atoms with van der Waals surface area (Å²) >= 11 is 19.7. The van der Waals surface area contributed by atoms with Crippen LogP contribution in [0.25, 0.3) is 0 Å². The van der Waals surface area contributed by atoms with Crippen LogP contribution in [0.4, 0.5) is 31.1 Å². The molecule has 1 heterocycles. The summed E-state index contributed by atoms with van der Waals surface area (Å²) in [7, 11) is 0. The van der Waals surface area contributed by atoms with Gasteiger partial charge in [0.2, 0.25) is 0 Å². The third-order valence-corrected chi connectivity index (χ3v) is 9.70. The molecule has 1 saturated heterocycles. The first-order valence-electron chi connectivity index (χ1n) is 15.6. The highest BCUT2D eigenvalue weighted by Crippen LogP contribution is 2.38. The summed E-state index contributed by atoms with van der Waals surface area (Å²) in [5.74, 6) is -5.77. The Labute approximate surface area is 337 Å². The van der Waals surface area contributed by atoms with Gasteiger partial charge in [0.05, 0.1) is 10.0 Å². The van der Waals surface area contributed by atoms with Crippen LogP contribution in [0.5, 0.6) is 0 Å². The number of amides is 3. The number of carboxylic acid groups (broad SMARTS) is 2. The van der Waals surface area contributed by atoms with Crippen molar-refractivity contribution in [3.8, 4) is 0 Å². The van der Waals surface area contributed by atoms with Crippen LogP contribution in [0.2, 0.25) is 10.0 Å². The Bertz CT molecular complexity index is 1650. The first-order valence-corrected chi connectivity index (χ1v) is 17.9. The minimum atomic E-state index is -5.08. The van der Waals surface area contributed by atoms with E-state index in [1.165, 1.54) is 4.90 Å². The summed E-state index contributed by atoms with van der Waals surface area (Å²) < 4.78 is 65.0. The first kappa shape index (κ1) is 49.0. The normalized spacial score (nSPS) is 13.6. The number of unbranched alkanes of at least 4 members (excludes halogenated alkanes) is 2. The molecule has 55 heavy (non-hydrogen) atoms. The fourth-order valence-corrected chi connectivity index (χ4v) is 5.75. The smallest absolute Gasteiger partial charge is 0.475 e. The van der Waals surface area contributed by atoms with Gasteiger partial charge in [0.1, 0.15) is 5.54 Å². The van der Waals surface area contributed by atoms with Crippen molar-refractivity contribution in [2.75, 3.05) is 26.2 Å². The minimum Gasteiger partial charge on any atom is -0.475 e. The van der Waals surface area contributed by atoms with Gasteiger partial charge in [-0.3, -0.25) is 19.7 Å². The molecule has 0 unspecified atom stereocenters. The van der Waals surface area contributed by atoms with Crippen LogP contribution in [-0.2, 0) is 27.2 Å². The highest BCUT2D eigenvalue weighted by Gasteiger charge is 2.56. The third kappa shape index (κ3) is 16.3. The Morgan fingerprint density at radius 2 is 1.07 bits per heavy atom. The predicted molar refractivity (Wildman–Crippen MR) is 199 cm³/mol. The Morgan fingerprint density at radius 1 is 0.709 bits per heavy atom. The molecular formula is C31H36Br2Cl2F6N8O6. The SMILES string of the molecule is NC(N)=NCCCCN1C(=O)N(CCCCN=C(N)N)C(Cc2ccc(Br)c(Cl)c2)(Cc2ccc(Br)c(Cl)c2)C1=O.O=C(O)C(F)(F)F.O=C(O)C(F)(F)F. The number of alkyl halides is 6. The van der Waals surface area contributed by atoms with Crippen molar-refractivity contribution < 1.29 is 55.7 Å². The lowest BCUT2D eigenvalue weighted by Gasteiger charge is -2.36. The van der Waals surface area contributed by atoms with Gasteiger partial charge in [0, 0.05) is 48.0 Å². The van der Waals surface area contributed by atoms with Crippen molar-refractivity contribution in [1.29, 1.82) is 0 Å². The second kappa shape index (κ2) is 21.9. The average Bonchev–Trinajstić information content (AvgIpc) is 3.24. The van der Waals surface area contributed by atoms with Gasteiger partial charge in [-0.1, -0.05) is 35.3 Å². The summed E-state index contributed by atoms with van der Waals surface area (Å²) in [6.07, 6.45) is -7.24. The number of aliphatic carboxylic acids is 2. The summed E-state index contributed by atoms with van der Waals surface area (Å²) in [5.41, 5.74) is 22.2. The van der Waals surface area contributed by atoms with Crippen LogP contribution in [0, 0.1) is 0 Å². The zero-order valence-corrected chi connectivity index (χ0v) is 33.1. The van der Waals surface area contributed by atoms with Crippen LogP contribution >= 0.6 is 55.1 Å². The Morgan fingerprint density at radius 3 is 1.40 bits per heavy atom. The van der Waals surface area contributed by atoms with Crippen molar-refractivity contribution in [2.45, 2.75) is 56.4 Å². The van der Waals surface area contributed by atoms with Crippen LogP contribution < -0.4 is 22.9 Å². The largest absolute Gasteiger partial charge is 0.490 e. The summed E-state index contributed by atoms with van der Waals surface area (Å²) in [4.78, 5) is 57.1. The lowest BCUT2D eigenvalue weighted by Crippen LogP contribution is -2.53. The van der Waals surface area contributed by atoms with E-state index in [9.17, 15) is 35.9 Å². The molecule has 3 amide bonds. The molecule has 0 aromatic heterocycles. The molecule has 2 aromatic rings. The van der Waals surface area contributed by atoms with Crippen molar-refractivity contribution >= 4 is 90.9 Å². The number of carbonyl (C=O) groups excluding carboxylic acids is 2. The van der Waals surface area contributed by atoms with E-state index in [4.69, 9.17) is 65.9 Å². The van der Waals surface area contributed by atoms with E-state index in [0.717, 1.165) is 20.1 Å². The zero-order valence-electron chi connectivity index (χ0n) is 28.4. The van der Waals surface area contributed by atoms with Crippen molar-refractivity contribution in [3.63, 3.8) is 0 Å². The molecule has 1 fully saturated rings. The molecule has 0 aliphatic carbocycles. The van der Waals surface area contributed by atoms with Crippen LogP contribution in [-0.4, -0.2) is 99.9 Å². The van der Waals surface area contributed by atoms with Crippen LogP contribution in [0.15, 0.2) is 55.3 Å². The number of nitrogens with zero attached hydrogens (tertiary/aromatic N) is 4. The molecule has 3 rings (SSSR count). The molecule has 1 aliphatic heterocycles. The van der Waals surface area contributed by atoms with Gasteiger partial charge in [0.25, 0.3) is 5.91 Å². The number of guanidine groups is 2. The van der Waals surface area contributed by atoms with Crippen molar-refractivity contribution in [3.05, 3.63) is 66.5 Å². The second-order valence-electron chi connectivity index (χ2n) is 11.4. The monoisotopic (exact) mass is 958 g/mol. The number of benzene rings is 2. The topological polar surface area (TPSA) is 244 Å².